The van der Waals surface area contributed by atoms with Gasteiger partial charge >= 0.3 is 6.36 Å². The number of halogens is 3. The van der Waals surface area contributed by atoms with Gasteiger partial charge in [-0.3, -0.25) is 0 Å². The molecule has 140 valence electrons. The van der Waals surface area contributed by atoms with E-state index in [-0.39, 0.29) is 5.75 Å². The molecule has 2 aromatic carbocycles. The van der Waals surface area contributed by atoms with Crippen LogP contribution in [0.1, 0.15) is 5.56 Å². The number of nitrogens with zero attached hydrogens (tertiary/aromatic N) is 2. The average Bonchev–Trinajstić information content (AvgIpc) is 2.64. The predicted molar refractivity (Wildman–Crippen MR) is 96.6 cm³/mol. The van der Waals surface area contributed by atoms with Crippen molar-refractivity contribution >= 4 is 23.0 Å². The first-order valence-corrected chi connectivity index (χ1v) is 7.92. The minimum absolute atomic E-state index is 0.295. The van der Waals surface area contributed by atoms with Crippen molar-refractivity contribution in [1.82, 2.24) is 9.97 Å². The van der Waals surface area contributed by atoms with Crippen LogP contribution in [0.2, 0.25) is 0 Å². The number of alkyl halides is 3. The van der Waals surface area contributed by atoms with Crippen LogP contribution in [0, 0.1) is 0 Å². The summed E-state index contributed by atoms with van der Waals surface area (Å²) in [6.07, 6.45) is -3.39. The van der Waals surface area contributed by atoms with E-state index in [1.807, 2.05) is 30.3 Å². The number of rotatable bonds is 6. The maximum Gasteiger partial charge on any atom is 0.573 e. The zero-order chi connectivity index (χ0) is 19.3. The van der Waals surface area contributed by atoms with E-state index in [2.05, 4.69) is 25.3 Å². The van der Waals surface area contributed by atoms with Gasteiger partial charge in [-0.1, -0.05) is 30.3 Å². The molecule has 9 heteroatoms. The summed E-state index contributed by atoms with van der Waals surface area (Å²) in [5.41, 5.74) is 7.94. The lowest BCUT2D eigenvalue weighted by Crippen LogP contribution is -2.17. The normalized spacial score (nSPS) is 11.1. The SMILES string of the molecule is Nc1c(NCc2ccccc2)ncnc1Nc1ccc(OC(F)(F)F)cc1. The lowest BCUT2D eigenvalue weighted by atomic mass is 10.2. The maximum absolute atomic E-state index is 12.2. The molecule has 4 N–H and O–H groups in total. The maximum atomic E-state index is 12.2. The molecule has 0 fully saturated rings. The number of nitrogen functional groups attached to an aromatic ring is 1. The second-order valence-corrected chi connectivity index (χ2v) is 5.52. The molecule has 0 aliphatic rings. The highest BCUT2D eigenvalue weighted by atomic mass is 19.4. The summed E-state index contributed by atoms with van der Waals surface area (Å²) in [5, 5.41) is 6.08. The Morgan fingerprint density at radius 3 is 2.26 bits per heavy atom. The van der Waals surface area contributed by atoms with Gasteiger partial charge in [-0.15, -0.1) is 13.2 Å². The van der Waals surface area contributed by atoms with E-state index < -0.39 is 6.36 Å². The Morgan fingerprint density at radius 1 is 0.926 bits per heavy atom. The fourth-order valence-electron chi connectivity index (χ4n) is 2.29. The summed E-state index contributed by atoms with van der Waals surface area (Å²) in [6.45, 7) is 0.533. The van der Waals surface area contributed by atoms with Crippen molar-refractivity contribution < 1.29 is 17.9 Å². The number of anilines is 4. The molecule has 0 unspecified atom stereocenters. The topological polar surface area (TPSA) is 85.1 Å². The molecule has 0 aliphatic carbocycles. The van der Waals surface area contributed by atoms with Crippen molar-refractivity contribution in [3.8, 4) is 5.75 Å². The summed E-state index contributed by atoms with van der Waals surface area (Å²) < 4.78 is 40.4. The third-order valence-electron chi connectivity index (χ3n) is 3.54. The van der Waals surface area contributed by atoms with Crippen molar-refractivity contribution in [1.29, 1.82) is 0 Å². The van der Waals surface area contributed by atoms with Gasteiger partial charge in [0, 0.05) is 12.2 Å². The summed E-state index contributed by atoms with van der Waals surface area (Å²) in [7, 11) is 0. The van der Waals surface area contributed by atoms with Crippen molar-refractivity contribution in [2.45, 2.75) is 12.9 Å². The molecular weight excluding hydrogens is 359 g/mol. The molecule has 0 radical (unpaired) electrons. The molecule has 0 saturated carbocycles. The van der Waals surface area contributed by atoms with Crippen molar-refractivity contribution in [2.24, 2.45) is 0 Å². The zero-order valence-corrected chi connectivity index (χ0v) is 14.0. The second kappa shape index (κ2) is 7.81. The third kappa shape index (κ3) is 5.24. The number of ether oxygens (including phenoxy) is 1. The number of benzene rings is 2. The molecule has 3 rings (SSSR count). The summed E-state index contributed by atoms with van der Waals surface area (Å²) in [6, 6.07) is 15.0. The Balaban J connectivity index is 1.68. The zero-order valence-electron chi connectivity index (χ0n) is 14.0. The molecule has 0 atom stereocenters. The van der Waals surface area contributed by atoms with E-state index in [1.165, 1.54) is 30.6 Å². The largest absolute Gasteiger partial charge is 0.573 e. The molecule has 27 heavy (non-hydrogen) atoms. The predicted octanol–water partition coefficient (Wildman–Crippen LogP) is 4.31. The fourth-order valence-corrected chi connectivity index (χ4v) is 2.29. The summed E-state index contributed by atoms with van der Waals surface area (Å²) in [5.74, 6) is 0.479. The highest BCUT2D eigenvalue weighted by molar-refractivity contribution is 5.77. The minimum Gasteiger partial charge on any atom is -0.406 e. The van der Waals surface area contributed by atoms with Crippen LogP contribution < -0.4 is 21.1 Å². The number of aromatic nitrogens is 2. The minimum atomic E-state index is -4.73. The van der Waals surface area contributed by atoms with E-state index in [9.17, 15) is 13.2 Å². The van der Waals surface area contributed by atoms with Gasteiger partial charge in [-0.25, -0.2) is 9.97 Å². The van der Waals surface area contributed by atoms with Crippen LogP contribution in [0.3, 0.4) is 0 Å². The van der Waals surface area contributed by atoms with Crippen LogP contribution in [0.5, 0.6) is 5.75 Å². The van der Waals surface area contributed by atoms with Gasteiger partial charge < -0.3 is 21.1 Å². The van der Waals surface area contributed by atoms with Crippen molar-refractivity contribution in [3.63, 3.8) is 0 Å². The Bertz CT molecular complexity index is 886. The summed E-state index contributed by atoms with van der Waals surface area (Å²) in [4.78, 5) is 8.19. The molecule has 3 aromatic rings. The Hall–Kier alpha value is -3.49. The molecule has 1 heterocycles. The Kier molecular flexibility index (Phi) is 5.30. The van der Waals surface area contributed by atoms with E-state index in [4.69, 9.17) is 5.73 Å². The van der Waals surface area contributed by atoms with Crippen LogP contribution in [-0.4, -0.2) is 16.3 Å². The first-order chi connectivity index (χ1) is 12.9. The number of hydrogen-bond acceptors (Lipinski definition) is 6. The van der Waals surface area contributed by atoms with Crippen LogP contribution in [-0.2, 0) is 6.54 Å². The molecule has 1 aromatic heterocycles. The van der Waals surface area contributed by atoms with Gasteiger partial charge in [0.25, 0.3) is 0 Å². The van der Waals surface area contributed by atoms with Gasteiger partial charge in [0.2, 0.25) is 0 Å². The lowest BCUT2D eigenvalue weighted by molar-refractivity contribution is -0.274. The number of nitrogens with one attached hydrogen (secondary N) is 2. The third-order valence-corrected chi connectivity index (χ3v) is 3.54. The first-order valence-electron chi connectivity index (χ1n) is 7.92. The highest BCUT2D eigenvalue weighted by Gasteiger charge is 2.30. The average molecular weight is 375 g/mol. The monoisotopic (exact) mass is 375 g/mol. The Morgan fingerprint density at radius 2 is 1.59 bits per heavy atom. The van der Waals surface area contributed by atoms with E-state index in [1.54, 1.807) is 0 Å². The van der Waals surface area contributed by atoms with Crippen LogP contribution >= 0.6 is 0 Å². The molecular formula is C18H16F3N5O. The van der Waals surface area contributed by atoms with E-state index in [0.29, 0.717) is 29.6 Å². The molecule has 0 bridgehead atoms. The highest BCUT2D eigenvalue weighted by Crippen LogP contribution is 2.28. The smallest absolute Gasteiger partial charge is 0.406 e. The molecule has 0 aliphatic heterocycles. The molecule has 0 spiro atoms. The van der Waals surface area contributed by atoms with Gasteiger partial charge in [0.1, 0.15) is 17.8 Å². The van der Waals surface area contributed by atoms with Gasteiger partial charge in [-0.2, -0.15) is 0 Å². The molecule has 0 amide bonds. The van der Waals surface area contributed by atoms with Crippen LogP contribution in [0.15, 0.2) is 60.9 Å². The van der Waals surface area contributed by atoms with E-state index >= 15 is 0 Å². The number of nitrogens with two attached hydrogens (primary N) is 1. The van der Waals surface area contributed by atoms with Gasteiger partial charge in [0.05, 0.1) is 0 Å². The molecule has 6 nitrogen and oxygen atoms in total. The van der Waals surface area contributed by atoms with Crippen LogP contribution in [0.25, 0.3) is 0 Å². The Labute approximate surface area is 153 Å². The fraction of sp³-hybridized carbons (Fsp3) is 0.111. The van der Waals surface area contributed by atoms with Crippen LogP contribution in [0.4, 0.5) is 36.2 Å². The van der Waals surface area contributed by atoms with Gasteiger partial charge in [0.15, 0.2) is 11.6 Å². The quantitative estimate of drug-likeness (QED) is 0.595. The van der Waals surface area contributed by atoms with Crippen molar-refractivity contribution in [2.75, 3.05) is 16.4 Å². The second-order valence-electron chi connectivity index (χ2n) is 5.52. The lowest BCUT2D eigenvalue weighted by Gasteiger charge is -2.13. The number of hydrogen-bond donors (Lipinski definition) is 3. The van der Waals surface area contributed by atoms with E-state index in [0.717, 1.165) is 5.56 Å². The molecule has 0 saturated heterocycles. The van der Waals surface area contributed by atoms with Gasteiger partial charge in [-0.05, 0) is 29.8 Å². The standard InChI is InChI=1S/C18H16F3N5O/c19-18(20,21)27-14-8-6-13(7-9-14)26-17-15(22)16(24-11-25-17)23-10-12-4-2-1-3-5-12/h1-9,11H,10,22H2,(H2,23,24,25,26). The first kappa shape index (κ1) is 18.3. The summed E-state index contributed by atoms with van der Waals surface area (Å²) >= 11 is 0. The van der Waals surface area contributed by atoms with Crippen molar-refractivity contribution in [3.05, 3.63) is 66.5 Å².